The fraction of sp³-hybridized carbons (Fsp3) is 0.278. The number of amides is 1. The minimum Gasteiger partial charge on any atom is -0.490 e. The summed E-state index contributed by atoms with van der Waals surface area (Å²) in [5.41, 5.74) is -0.170. The Bertz CT molecular complexity index is 927. The normalized spacial score (nSPS) is 14.7. The molecule has 134 valence electrons. The van der Waals surface area contributed by atoms with Gasteiger partial charge in [0.25, 0.3) is 5.56 Å². The third-order valence-corrected chi connectivity index (χ3v) is 4.26. The molecule has 1 N–H and O–H groups in total. The summed E-state index contributed by atoms with van der Waals surface area (Å²) in [6.45, 7) is 0.781. The molecule has 1 aliphatic rings. The molecule has 1 saturated heterocycles. The van der Waals surface area contributed by atoms with E-state index in [-0.39, 0.29) is 11.7 Å². The molecule has 0 aliphatic carbocycles. The van der Waals surface area contributed by atoms with Crippen LogP contribution in [-0.2, 0) is 0 Å². The molecule has 0 saturated carbocycles. The zero-order valence-corrected chi connectivity index (χ0v) is 13.8. The molecule has 8 heteroatoms. The first-order chi connectivity index (χ1) is 12.5. The molecule has 7 nitrogen and oxygen atoms in total. The number of benzene rings is 1. The van der Waals surface area contributed by atoms with Crippen molar-refractivity contribution in [3.05, 3.63) is 58.3 Å². The van der Waals surface area contributed by atoms with Gasteiger partial charge in [-0.25, -0.2) is 9.18 Å². The second kappa shape index (κ2) is 7.27. The predicted octanol–water partition coefficient (Wildman–Crippen LogP) is 2.37. The molecule has 1 amide bonds. The van der Waals surface area contributed by atoms with Crippen LogP contribution in [0.1, 0.15) is 18.4 Å². The number of hydrogen-bond acceptors (Lipinski definition) is 4. The Kier molecular flexibility index (Phi) is 4.89. The van der Waals surface area contributed by atoms with Gasteiger partial charge in [0.05, 0.1) is 11.3 Å². The number of likely N-dealkylation sites (tertiary alicyclic amines) is 1. The standard InChI is InChI=1S/C18H16FN3O4/c19-16-9-13(2-1-12(16)11-20)22-8-5-15(10-17(22)23)26-14-3-6-21(7-4-14)18(24)25/h1-2,5,8-10,14H,3-4,6-7H2,(H,24,25). The van der Waals surface area contributed by atoms with E-state index in [1.807, 2.05) is 0 Å². The number of pyridine rings is 1. The SMILES string of the molecule is N#Cc1ccc(-n2ccc(OC3CCN(C(=O)O)CC3)cc2=O)cc1F. The van der Waals surface area contributed by atoms with Crippen LogP contribution in [0.5, 0.6) is 5.75 Å². The number of carboxylic acid groups (broad SMARTS) is 1. The van der Waals surface area contributed by atoms with Crippen molar-refractivity contribution < 1.29 is 19.0 Å². The van der Waals surface area contributed by atoms with Crippen molar-refractivity contribution in [2.75, 3.05) is 13.1 Å². The van der Waals surface area contributed by atoms with Gasteiger partial charge in [-0.2, -0.15) is 5.26 Å². The maximum atomic E-state index is 13.7. The van der Waals surface area contributed by atoms with Crippen molar-refractivity contribution in [3.8, 4) is 17.5 Å². The Balaban J connectivity index is 1.72. The van der Waals surface area contributed by atoms with Crippen LogP contribution in [0.25, 0.3) is 5.69 Å². The van der Waals surface area contributed by atoms with Crippen LogP contribution in [-0.4, -0.2) is 39.9 Å². The van der Waals surface area contributed by atoms with E-state index in [4.69, 9.17) is 15.1 Å². The van der Waals surface area contributed by atoms with Crippen molar-refractivity contribution in [1.29, 1.82) is 5.26 Å². The van der Waals surface area contributed by atoms with Crippen molar-refractivity contribution in [2.24, 2.45) is 0 Å². The number of nitrogens with zero attached hydrogens (tertiary/aromatic N) is 3. The number of halogens is 1. The van der Waals surface area contributed by atoms with Crippen LogP contribution in [0.2, 0.25) is 0 Å². The maximum Gasteiger partial charge on any atom is 0.407 e. The van der Waals surface area contributed by atoms with Gasteiger partial charge in [0.1, 0.15) is 23.7 Å². The zero-order chi connectivity index (χ0) is 18.7. The molecular formula is C18H16FN3O4. The fourth-order valence-electron chi connectivity index (χ4n) is 2.85. The summed E-state index contributed by atoms with van der Waals surface area (Å²) >= 11 is 0. The maximum absolute atomic E-state index is 13.7. The van der Waals surface area contributed by atoms with E-state index in [0.717, 1.165) is 6.07 Å². The van der Waals surface area contributed by atoms with Gasteiger partial charge < -0.3 is 14.7 Å². The second-order valence-electron chi connectivity index (χ2n) is 5.93. The largest absolute Gasteiger partial charge is 0.490 e. The van der Waals surface area contributed by atoms with Crippen LogP contribution >= 0.6 is 0 Å². The molecule has 0 unspecified atom stereocenters. The van der Waals surface area contributed by atoms with E-state index < -0.39 is 17.5 Å². The second-order valence-corrected chi connectivity index (χ2v) is 5.93. The number of piperidine rings is 1. The van der Waals surface area contributed by atoms with Crippen LogP contribution in [0.15, 0.2) is 41.3 Å². The van der Waals surface area contributed by atoms with Gasteiger partial charge in [0.15, 0.2) is 0 Å². The molecule has 0 atom stereocenters. The van der Waals surface area contributed by atoms with Gasteiger partial charge >= 0.3 is 6.09 Å². The smallest absolute Gasteiger partial charge is 0.407 e. The summed E-state index contributed by atoms with van der Waals surface area (Å²) in [6, 6.07) is 8.57. The van der Waals surface area contributed by atoms with E-state index in [0.29, 0.717) is 37.4 Å². The summed E-state index contributed by atoms with van der Waals surface area (Å²) in [5, 5.41) is 17.7. The molecule has 1 aromatic heterocycles. The van der Waals surface area contributed by atoms with Gasteiger partial charge in [-0.3, -0.25) is 9.36 Å². The Hall–Kier alpha value is -3.34. The molecule has 3 rings (SSSR count). The lowest BCUT2D eigenvalue weighted by molar-refractivity contribution is 0.0893. The number of nitriles is 1. The highest BCUT2D eigenvalue weighted by atomic mass is 19.1. The van der Waals surface area contributed by atoms with Crippen LogP contribution in [0.4, 0.5) is 9.18 Å². The topological polar surface area (TPSA) is 95.6 Å². The summed E-state index contributed by atoms with van der Waals surface area (Å²) < 4.78 is 20.8. The minimum absolute atomic E-state index is 0.0885. The molecule has 0 bridgehead atoms. The highest BCUT2D eigenvalue weighted by molar-refractivity contribution is 5.65. The Labute approximate surface area is 148 Å². The van der Waals surface area contributed by atoms with Gasteiger partial charge in [-0.15, -0.1) is 0 Å². The van der Waals surface area contributed by atoms with Gasteiger partial charge in [-0.1, -0.05) is 0 Å². The molecule has 0 spiro atoms. The quantitative estimate of drug-likeness (QED) is 0.910. The van der Waals surface area contributed by atoms with Gasteiger partial charge in [-0.05, 0) is 24.3 Å². The van der Waals surface area contributed by atoms with E-state index in [1.165, 1.54) is 33.9 Å². The average Bonchev–Trinajstić information content (AvgIpc) is 2.62. The minimum atomic E-state index is -0.944. The molecule has 2 heterocycles. The molecule has 1 fully saturated rings. The van der Waals surface area contributed by atoms with Crippen molar-refractivity contribution >= 4 is 6.09 Å². The van der Waals surface area contributed by atoms with Gasteiger partial charge in [0, 0.05) is 38.2 Å². The van der Waals surface area contributed by atoms with Crippen LogP contribution < -0.4 is 10.3 Å². The fourth-order valence-corrected chi connectivity index (χ4v) is 2.85. The highest BCUT2D eigenvalue weighted by Crippen LogP contribution is 2.19. The monoisotopic (exact) mass is 357 g/mol. The molecule has 0 radical (unpaired) electrons. The summed E-state index contributed by atoms with van der Waals surface area (Å²) in [7, 11) is 0. The lowest BCUT2D eigenvalue weighted by atomic mass is 10.1. The Morgan fingerprint density at radius 1 is 1.27 bits per heavy atom. The summed E-state index contributed by atoms with van der Waals surface area (Å²) in [5.74, 6) is -0.309. The zero-order valence-electron chi connectivity index (χ0n) is 13.8. The van der Waals surface area contributed by atoms with Crippen molar-refractivity contribution in [2.45, 2.75) is 18.9 Å². The number of rotatable bonds is 3. The lowest BCUT2D eigenvalue weighted by Gasteiger charge is -2.30. The molecular weight excluding hydrogens is 341 g/mol. The number of hydrogen-bond donors (Lipinski definition) is 1. The van der Waals surface area contributed by atoms with E-state index >= 15 is 0 Å². The van der Waals surface area contributed by atoms with Crippen LogP contribution in [0, 0.1) is 17.1 Å². The first-order valence-corrected chi connectivity index (χ1v) is 8.05. The number of carbonyl (C=O) groups is 1. The average molecular weight is 357 g/mol. The summed E-state index contributed by atoms with van der Waals surface area (Å²) in [6.07, 6.45) is 1.48. The van der Waals surface area contributed by atoms with E-state index in [2.05, 4.69) is 0 Å². The predicted molar refractivity (Wildman–Crippen MR) is 90.0 cm³/mol. The number of aromatic nitrogens is 1. The van der Waals surface area contributed by atoms with Crippen LogP contribution in [0.3, 0.4) is 0 Å². The first kappa shape index (κ1) is 17.5. The third-order valence-electron chi connectivity index (χ3n) is 4.26. The van der Waals surface area contributed by atoms with E-state index in [1.54, 1.807) is 12.1 Å². The number of ether oxygens (including phenoxy) is 1. The molecule has 1 aliphatic heterocycles. The van der Waals surface area contributed by atoms with E-state index in [9.17, 15) is 14.0 Å². The van der Waals surface area contributed by atoms with Crippen molar-refractivity contribution in [1.82, 2.24) is 9.47 Å². The molecule has 1 aromatic carbocycles. The lowest BCUT2D eigenvalue weighted by Crippen LogP contribution is -2.41. The molecule has 2 aromatic rings. The third kappa shape index (κ3) is 3.67. The van der Waals surface area contributed by atoms with Crippen molar-refractivity contribution in [3.63, 3.8) is 0 Å². The van der Waals surface area contributed by atoms with Gasteiger partial charge in [0.2, 0.25) is 0 Å². The molecule has 26 heavy (non-hydrogen) atoms. The highest BCUT2D eigenvalue weighted by Gasteiger charge is 2.23. The Morgan fingerprint density at radius 3 is 2.58 bits per heavy atom. The summed E-state index contributed by atoms with van der Waals surface area (Å²) in [4.78, 5) is 24.5. The first-order valence-electron chi connectivity index (χ1n) is 8.05. The Morgan fingerprint density at radius 2 is 2.00 bits per heavy atom.